The van der Waals surface area contributed by atoms with Crippen LogP contribution in [0.2, 0.25) is 0 Å². The van der Waals surface area contributed by atoms with Crippen LogP contribution in [0.4, 0.5) is 10.5 Å². The van der Waals surface area contributed by atoms with Gasteiger partial charge in [0.05, 0.1) is 12.7 Å². The van der Waals surface area contributed by atoms with E-state index in [1.807, 2.05) is 6.26 Å². The third-order valence-corrected chi connectivity index (χ3v) is 2.92. The zero-order valence-electron chi connectivity index (χ0n) is 12.3. The molecule has 0 heterocycles. The molecule has 1 aromatic rings. The topological polar surface area (TPSA) is 64.6 Å². The summed E-state index contributed by atoms with van der Waals surface area (Å²) in [7, 11) is 1.31. The van der Waals surface area contributed by atoms with Crippen LogP contribution in [0, 0.1) is 0 Å². The number of carbonyl (C=O) groups excluding carboxylic acids is 2. The van der Waals surface area contributed by atoms with E-state index in [0.717, 1.165) is 4.90 Å². The summed E-state index contributed by atoms with van der Waals surface area (Å²) in [5.41, 5.74) is 0.295. The van der Waals surface area contributed by atoms with Gasteiger partial charge in [0.2, 0.25) is 0 Å². The van der Waals surface area contributed by atoms with E-state index < -0.39 is 17.7 Å². The number of thioether (sulfide) groups is 1. The van der Waals surface area contributed by atoms with E-state index in [4.69, 9.17) is 4.74 Å². The summed E-state index contributed by atoms with van der Waals surface area (Å²) in [5.74, 6) is -0.451. The molecule has 1 N–H and O–H groups in total. The van der Waals surface area contributed by atoms with E-state index in [9.17, 15) is 9.59 Å². The molecule has 1 aromatic carbocycles. The zero-order chi connectivity index (χ0) is 15.3. The normalized spacial score (nSPS) is 10.8. The summed E-state index contributed by atoms with van der Waals surface area (Å²) >= 11 is 1.47. The van der Waals surface area contributed by atoms with Gasteiger partial charge in [-0.25, -0.2) is 9.59 Å². The Morgan fingerprint density at radius 1 is 1.20 bits per heavy atom. The van der Waals surface area contributed by atoms with Crippen molar-refractivity contribution in [2.24, 2.45) is 0 Å². The first kappa shape index (κ1) is 16.4. The standard InChI is InChI=1S/C14H19NO4S/c1-14(2,3)19-13(17)15-10-6-9(12(16)18-4)7-11(8-10)20-5/h6-8H,1-5H3,(H,15,17). The van der Waals surface area contributed by atoms with E-state index >= 15 is 0 Å². The van der Waals surface area contributed by atoms with Gasteiger partial charge in [-0.2, -0.15) is 0 Å². The van der Waals surface area contributed by atoms with Gasteiger partial charge >= 0.3 is 12.1 Å². The molecule has 0 aliphatic rings. The van der Waals surface area contributed by atoms with Crippen LogP contribution < -0.4 is 5.32 Å². The van der Waals surface area contributed by atoms with Gasteiger partial charge in [-0.1, -0.05) is 0 Å². The number of nitrogens with one attached hydrogen (secondary N) is 1. The van der Waals surface area contributed by atoms with Crippen LogP contribution in [-0.2, 0) is 9.47 Å². The highest BCUT2D eigenvalue weighted by molar-refractivity contribution is 7.98. The minimum absolute atomic E-state index is 0.380. The van der Waals surface area contributed by atoms with E-state index in [2.05, 4.69) is 10.1 Å². The van der Waals surface area contributed by atoms with Gasteiger partial charge in [-0.05, 0) is 45.2 Å². The summed E-state index contributed by atoms with van der Waals surface area (Å²) in [6.07, 6.45) is 1.32. The Balaban J connectivity index is 2.94. The van der Waals surface area contributed by atoms with Crippen molar-refractivity contribution in [1.29, 1.82) is 0 Å². The van der Waals surface area contributed by atoms with Gasteiger partial charge in [0.25, 0.3) is 0 Å². The lowest BCUT2D eigenvalue weighted by atomic mass is 10.2. The van der Waals surface area contributed by atoms with Gasteiger partial charge in [-0.15, -0.1) is 11.8 Å². The predicted molar refractivity (Wildman–Crippen MR) is 79.4 cm³/mol. The van der Waals surface area contributed by atoms with Crippen molar-refractivity contribution in [2.75, 3.05) is 18.7 Å². The Morgan fingerprint density at radius 3 is 2.35 bits per heavy atom. The third kappa shape index (κ3) is 5.13. The smallest absolute Gasteiger partial charge is 0.412 e. The van der Waals surface area contributed by atoms with Crippen molar-refractivity contribution in [3.63, 3.8) is 0 Å². The van der Waals surface area contributed by atoms with Crippen LogP contribution in [0.15, 0.2) is 23.1 Å². The minimum Gasteiger partial charge on any atom is -0.465 e. The molecule has 1 rings (SSSR count). The Labute approximate surface area is 123 Å². The van der Waals surface area contributed by atoms with Gasteiger partial charge in [0.15, 0.2) is 0 Å². The maximum absolute atomic E-state index is 11.7. The second-order valence-electron chi connectivity index (χ2n) is 5.07. The second-order valence-corrected chi connectivity index (χ2v) is 5.95. The van der Waals surface area contributed by atoms with Crippen LogP contribution in [0.3, 0.4) is 0 Å². The van der Waals surface area contributed by atoms with Crippen molar-refractivity contribution >= 4 is 29.5 Å². The van der Waals surface area contributed by atoms with E-state index in [1.54, 1.807) is 39.0 Å². The summed E-state index contributed by atoms with van der Waals surface area (Å²) < 4.78 is 9.85. The molecule has 110 valence electrons. The molecule has 0 atom stereocenters. The number of benzene rings is 1. The van der Waals surface area contributed by atoms with Crippen LogP contribution in [0.5, 0.6) is 0 Å². The molecule has 0 spiro atoms. The molecule has 20 heavy (non-hydrogen) atoms. The number of amides is 1. The lowest BCUT2D eigenvalue weighted by Crippen LogP contribution is -2.27. The van der Waals surface area contributed by atoms with Crippen molar-refractivity contribution in [1.82, 2.24) is 0 Å². The highest BCUT2D eigenvalue weighted by Gasteiger charge is 2.17. The van der Waals surface area contributed by atoms with Gasteiger partial charge in [0, 0.05) is 10.6 Å². The van der Waals surface area contributed by atoms with E-state index in [1.165, 1.54) is 18.9 Å². The number of ether oxygens (including phenoxy) is 2. The van der Waals surface area contributed by atoms with Gasteiger partial charge in [-0.3, -0.25) is 5.32 Å². The molecular formula is C14H19NO4S. The Hall–Kier alpha value is -1.69. The van der Waals surface area contributed by atoms with Crippen LogP contribution >= 0.6 is 11.8 Å². The number of rotatable bonds is 3. The third-order valence-electron chi connectivity index (χ3n) is 2.21. The Bertz CT molecular complexity index is 508. The highest BCUT2D eigenvalue weighted by Crippen LogP contribution is 2.23. The molecule has 0 unspecified atom stereocenters. The molecular weight excluding hydrogens is 278 g/mol. The fraction of sp³-hybridized carbons (Fsp3) is 0.429. The van der Waals surface area contributed by atoms with E-state index in [0.29, 0.717) is 11.3 Å². The first-order valence-corrected chi connectivity index (χ1v) is 7.25. The summed E-state index contributed by atoms with van der Waals surface area (Å²) in [4.78, 5) is 24.1. The number of carbonyl (C=O) groups is 2. The minimum atomic E-state index is -0.577. The van der Waals surface area contributed by atoms with Crippen LogP contribution in [0.1, 0.15) is 31.1 Å². The average molecular weight is 297 g/mol. The summed E-state index contributed by atoms with van der Waals surface area (Å²) in [6, 6.07) is 5.02. The SMILES string of the molecule is COC(=O)c1cc(NC(=O)OC(C)(C)C)cc(SC)c1. The zero-order valence-corrected chi connectivity index (χ0v) is 13.1. The lowest BCUT2D eigenvalue weighted by molar-refractivity contribution is 0.0596. The lowest BCUT2D eigenvalue weighted by Gasteiger charge is -2.20. The molecule has 0 aromatic heterocycles. The first-order valence-electron chi connectivity index (χ1n) is 6.02. The number of hydrogen-bond acceptors (Lipinski definition) is 5. The van der Waals surface area contributed by atoms with Crippen molar-refractivity contribution in [3.05, 3.63) is 23.8 Å². The molecule has 0 bridgehead atoms. The summed E-state index contributed by atoms with van der Waals surface area (Å²) in [5, 5.41) is 2.61. The van der Waals surface area contributed by atoms with Crippen molar-refractivity contribution in [3.8, 4) is 0 Å². The van der Waals surface area contributed by atoms with Gasteiger partial charge < -0.3 is 9.47 Å². The quantitative estimate of drug-likeness (QED) is 0.683. The fourth-order valence-corrected chi connectivity index (χ4v) is 1.94. The molecule has 0 fully saturated rings. The number of esters is 1. The molecule has 1 amide bonds. The first-order chi connectivity index (χ1) is 9.25. The number of anilines is 1. The molecule has 5 nitrogen and oxygen atoms in total. The second kappa shape index (κ2) is 6.65. The molecule has 0 saturated heterocycles. The van der Waals surface area contributed by atoms with E-state index in [-0.39, 0.29) is 0 Å². The molecule has 0 radical (unpaired) electrons. The maximum atomic E-state index is 11.7. The largest absolute Gasteiger partial charge is 0.465 e. The fourth-order valence-electron chi connectivity index (χ4n) is 1.45. The molecule has 0 aliphatic heterocycles. The molecule has 0 aliphatic carbocycles. The molecule has 6 heteroatoms. The van der Waals surface area contributed by atoms with Crippen molar-refractivity contribution in [2.45, 2.75) is 31.3 Å². The van der Waals surface area contributed by atoms with Crippen molar-refractivity contribution < 1.29 is 19.1 Å². The number of methoxy groups -OCH3 is 1. The average Bonchev–Trinajstić information content (AvgIpc) is 2.34. The van der Waals surface area contributed by atoms with Gasteiger partial charge in [0.1, 0.15) is 5.60 Å². The number of hydrogen-bond donors (Lipinski definition) is 1. The summed E-state index contributed by atoms with van der Waals surface area (Å²) in [6.45, 7) is 5.35. The highest BCUT2D eigenvalue weighted by atomic mass is 32.2. The van der Waals surface area contributed by atoms with Crippen LogP contribution in [0.25, 0.3) is 0 Å². The molecule has 0 saturated carbocycles. The Morgan fingerprint density at radius 2 is 1.85 bits per heavy atom. The Kier molecular flexibility index (Phi) is 5.44. The predicted octanol–water partition coefficient (Wildman–Crippen LogP) is 3.54. The van der Waals surface area contributed by atoms with Crippen LogP contribution in [-0.4, -0.2) is 31.0 Å². The monoisotopic (exact) mass is 297 g/mol. The maximum Gasteiger partial charge on any atom is 0.412 e.